The van der Waals surface area contributed by atoms with Crippen molar-refractivity contribution in [3.8, 4) is 11.3 Å². The molecule has 1 aromatic heterocycles. The van der Waals surface area contributed by atoms with Crippen molar-refractivity contribution >= 4 is 5.82 Å². The third kappa shape index (κ3) is 2.75. The Morgan fingerprint density at radius 2 is 1.74 bits per heavy atom. The summed E-state index contributed by atoms with van der Waals surface area (Å²) in [4.78, 5) is 9.14. The SMILES string of the molecule is Cc1cccc(-c2nc(C(C)(C)C)nc(N)c2C)c1. The molecule has 0 atom stereocenters. The Kier molecular flexibility index (Phi) is 3.31. The minimum Gasteiger partial charge on any atom is -0.383 e. The van der Waals surface area contributed by atoms with Gasteiger partial charge in [-0.3, -0.25) is 0 Å². The highest BCUT2D eigenvalue weighted by atomic mass is 15.0. The number of aromatic nitrogens is 2. The van der Waals surface area contributed by atoms with Gasteiger partial charge in [-0.2, -0.15) is 0 Å². The molecular formula is C16H21N3. The van der Waals surface area contributed by atoms with Crippen LogP contribution in [0.15, 0.2) is 24.3 Å². The van der Waals surface area contributed by atoms with E-state index in [1.807, 2.05) is 13.0 Å². The van der Waals surface area contributed by atoms with E-state index in [0.717, 1.165) is 22.6 Å². The summed E-state index contributed by atoms with van der Waals surface area (Å²) in [7, 11) is 0. The molecule has 2 rings (SSSR count). The minimum absolute atomic E-state index is 0.111. The van der Waals surface area contributed by atoms with Gasteiger partial charge in [0.2, 0.25) is 0 Å². The molecule has 0 aliphatic heterocycles. The van der Waals surface area contributed by atoms with Crippen molar-refractivity contribution in [1.29, 1.82) is 0 Å². The highest BCUT2D eigenvalue weighted by Crippen LogP contribution is 2.28. The summed E-state index contributed by atoms with van der Waals surface area (Å²) in [5.74, 6) is 1.35. The number of rotatable bonds is 1. The molecule has 2 aromatic rings. The van der Waals surface area contributed by atoms with E-state index in [9.17, 15) is 0 Å². The molecule has 100 valence electrons. The molecule has 0 bridgehead atoms. The monoisotopic (exact) mass is 255 g/mol. The van der Waals surface area contributed by atoms with Crippen LogP contribution >= 0.6 is 0 Å². The summed E-state index contributed by atoms with van der Waals surface area (Å²) in [5, 5.41) is 0. The molecule has 1 aromatic carbocycles. The predicted octanol–water partition coefficient (Wildman–Crippen LogP) is 3.64. The first-order valence-electron chi connectivity index (χ1n) is 6.50. The molecule has 0 amide bonds. The second-order valence-electron chi connectivity index (χ2n) is 6.03. The van der Waals surface area contributed by atoms with Crippen LogP contribution in [0.3, 0.4) is 0 Å². The fraction of sp³-hybridized carbons (Fsp3) is 0.375. The zero-order valence-corrected chi connectivity index (χ0v) is 12.3. The third-order valence-electron chi connectivity index (χ3n) is 3.15. The van der Waals surface area contributed by atoms with E-state index < -0.39 is 0 Å². The second-order valence-corrected chi connectivity index (χ2v) is 6.03. The molecule has 2 N–H and O–H groups in total. The molecule has 0 saturated carbocycles. The van der Waals surface area contributed by atoms with Crippen LogP contribution in [0, 0.1) is 13.8 Å². The summed E-state index contributed by atoms with van der Waals surface area (Å²) < 4.78 is 0. The normalized spacial score (nSPS) is 11.6. The Hall–Kier alpha value is -1.90. The fourth-order valence-electron chi connectivity index (χ4n) is 1.94. The molecule has 0 radical (unpaired) electrons. The Bertz CT molecular complexity index is 610. The van der Waals surface area contributed by atoms with Crippen molar-refractivity contribution in [3.63, 3.8) is 0 Å². The number of nitrogens with zero attached hydrogens (tertiary/aromatic N) is 2. The van der Waals surface area contributed by atoms with E-state index in [2.05, 4.69) is 50.9 Å². The molecule has 0 unspecified atom stereocenters. The van der Waals surface area contributed by atoms with Gasteiger partial charge in [0.05, 0.1) is 5.69 Å². The zero-order valence-electron chi connectivity index (χ0n) is 12.3. The average molecular weight is 255 g/mol. The van der Waals surface area contributed by atoms with Crippen LogP contribution < -0.4 is 5.73 Å². The summed E-state index contributed by atoms with van der Waals surface area (Å²) >= 11 is 0. The Morgan fingerprint density at radius 3 is 2.32 bits per heavy atom. The van der Waals surface area contributed by atoms with Crippen LogP contribution in [0.25, 0.3) is 11.3 Å². The van der Waals surface area contributed by atoms with Gasteiger partial charge in [0.1, 0.15) is 11.6 Å². The topological polar surface area (TPSA) is 51.8 Å². The number of aryl methyl sites for hydroxylation is 1. The summed E-state index contributed by atoms with van der Waals surface area (Å²) in [6, 6.07) is 8.31. The van der Waals surface area contributed by atoms with Crippen LogP contribution in [0.5, 0.6) is 0 Å². The lowest BCUT2D eigenvalue weighted by Gasteiger charge is -2.19. The second kappa shape index (κ2) is 4.65. The van der Waals surface area contributed by atoms with Crippen molar-refractivity contribution in [3.05, 3.63) is 41.2 Å². The van der Waals surface area contributed by atoms with Crippen molar-refractivity contribution in [1.82, 2.24) is 9.97 Å². The van der Waals surface area contributed by atoms with Crippen molar-refractivity contribution < 1.29 is 0 Å². The standard InChI is InChI=1S/C16H21N3/c1-10-7-6-8-12(9-10)13-11(2)14(17)19-15(18-13)16(3,4)5/h6-9H,1-5H3,(H2,17,18,19). The molecule has 0 saturated heterocycles. The van der Waals surface area contributed by atoms with E-state index in [4.69, 9.17) is 10.7 Å². The summed E-state index contributed by atoms with van der Waals surface area (Å²) in [6.07, 6.45) is 0. The lowest BCUT2D eigenvalue weighted by Crippen LogP contribution is -2.18. The van der Waals surface area contributed by atoms with Gasteiger partial charge in [0.15, 0.2) is 0 Å². The van der Waals surface area contributed by atoms with Crippen LogP contribution in [-0.2, 0) is 5.41 Å². The van der Waals surface area contributed by atoms with E-state index >= 15 is 0 Å². The van der Waals surface area contributed by atoms with Gasteiger partial charge >= 0.3 is 0 Å². The van der Waals surface area contributed by atoms with Crippen LogP contribution in [0.2, 0.25) is 0 Å². The van der Waals surface area contributed by atoms with E-state index in [1.165, 1.54) is 5.56 Å². The van der Waals surface area contributed by atoms with Crippen molar-refractivity contribution in [2.45, 2.75) is 40.0 Å². The average Bonchev–Trinajstić information content (AvgIpc) is 2.31. The summed E-state index contributed by atoms with van der Waals surface area (Å²) in [5.41, 5.74) is 10.1. The Morgan fingerprint density at radius 1 is 1.05 bits per heavy atom. The van der Waals surface area contributed by atoms with Gasteiger partial charge in [-0.1, -0.05) is 44.5 Å². The molecule has 1 heterocycles. The first-order valence-corrected chi connectivity index (χ1v) is 6.50. The van der Waals surface area contributed by atoms with E-state index in [-0.39, 0.29) is 5.41 Å². The quantitative estimate of drug-likeness (QED) is 0.846. The number of nitrogens with two attached hydrogens (primary N) is 1. The molecule has 0 fully saturated rings. The maximum Gasteiger partial charge on any atom is 0.136 e. The van der Waals surface area contributed by atoms with Gasteiger partial charge < -0.3 is 5.73 Å². The highest BCUT2D eigenvalue weighted by molar-refractivity contribution is 5.67. The smallest absolute Gasteiger partial charge is 0.136 e. The van der Waals surface area contributed by atoms with Gasteiger partial charge in [-0.15, -0.1) is 0 Å². The summed E-state index contributed by atoms with van der Waals surface area (Å²) in [6.45, 7) is 10.3. The van der Waals surface area contributed by atoms with Crippen molar-refractivity contribution in [2.24, 2.45) is 0 Å². The number of benzene rings is 1. The van der Waals surface area contributed by atoms with Gasteiger partial charge in [-0.05, 0) is 19.9 Å². The maximum absolute atomic E-state index is 6.04. The molecular weight excluding hydrogens is 234 g/mol. The molecule has 3 heteroatoms. The molecule has 0 spiro atoms. The van der Waals surface area contributed by atoms with Crippen LogP contribution in [0.4, 0.5) is 5.82 Å². The van der Waals surface area contributed by atoms with E-state index in [0.29, 0.717) is 5.82 Å². The highest BCUT2D eigenvalue weighted by Gasteiger charge is 2.20. The number of anilines is 1. The van der Waals surface area contributed by atoms with Gasteiger partial charge in [0.25, 0.3) is 0 Å². The van der Waals surface area contributed by atoms with Crippen LogP contribution in [-0.4, -0.2) is 9.97 Å². The number of nitrogen functional groups attached to an aromatic ring is 1. The lowest BCUT2D eigenvalue weighted by atomic mass is 9.94. The van der Waals surface area contributed by atoms with Crippen molar-refractivity contribution in [2.75, 3.05) is 5.73 Å². The largest absolute Gasteiger partial charge is 0.383 e. The number of hydrogen-bond donors (Lipinski definition) is 1. The molecule has 0 aliphatic rings. The molecule has 0 aliphatic carbocycles. The van der Waals surface area contributed by atoms with Gasteiger partial charge in [-0.25, -0.2) is 9.97 Å². The maximum atomic E-state index is 6.04. The number of hydrogen-bond acceptors (Lipinski definition) is 3. The first kappa shape index (κ1) is 13.5. The van der Waals surface area contributed by atoms with Gasteiger partial charge in [0, 0.05) is 16.5 Å². The van der Waals surface area contributed by atoms with Crippen LogP contribution in [0.1, 0.15) is 37.7 Å². The van der Waals surface area contributed by atoms with E-state index in [1.54, 1.807) is 0 Å². The minimum atomic E-state index is -0.111. The molecule has 19 heavy (non-hydrogen) atoms. The Labute approximate surface area is 114 Å². The lowest BCUT2D eigenvalue weighted by molar-refractivity contribution is 0.546. The first-order chi connectivity index (χ1) is 8.79. The Balaban J connectivity index is 2.66. The third-order valence-corrected chi connectivity index (χ3v) is 3.15. The molecule has 3 nitrogen and oxygen atoms in total. The predicted molar refractivity (Wildman–Crippen MR) is 80.1 cm³/mol. The fourth-order valence-corrected chi connectivity index (χ4v) is 1.94. The zero-order chi connectivity index (χ0) is 14.2.